The maximum absolute atomic E-state index is 12.6. The van der Waals surface area contributed by atoms with E-state index in [0.29, 0.717) is 0 Å². The Hall–Kier alpha value is -1.95. The van der Waals surface area contributed by atoms with Crippen LogP contribution in [-0.4, -0.2) is 41.2 Å². The van der Waals surface area contributed by atoms with Crippen LogP contribution in [0.1, 0.15) is 44.5 Å². The Morgan fingerprint density at radius 1 is 1.24 bits per heavy atom. The molecule has 0 aliphatic carbocycles. The van der Waals surface area contributed by atoms with Gasteiger partial charge in [0.15, 0.2) is 0 Å². The molecule has 0 radical (unpaired) electrons. The summed E-state index contributed by atoms with van der Waals surface area (Å²) in [6.07, 6.45) is 2.08. The SMILES string of the molecule is COc1ccc(-c2nnc(C3CCCN(C(=O)C(C)(C)C)C3)s2)cc1. The zero-order valence-corrected chi connectivity index (χ0v) is 16.1. The topological polar surface area (TPSA) is 55.3 Å². The highest BCUT2D eigenvalue weighted by Gasteiger charge is 2.32. The smallest absolute Gasteiger partial charge is 0.227 e. The zero-order chi connectivity index (χ0) is 18.0. The molecule has 0 bridgehead atoms. The van der Waals surface area contributed by atoms with Gasteiger partial charge in [0, 0.05) is 30.0 Å². The van der Waals surface area contributed by atoms with Crippen LogP contribution in [0.3, 0.4) is 0 Å². The molecule has 25 heavy (non-hydrogen) atoms. The van der Waals surface area contributed by atoms with Crippen LogP contribution in [0, 0.1) is 5.41 Å². The summed E-state index contributed by atoms with van der Waals surface area (Å²) >= 11 is 1.63. The van der Waals surface area contributed by atoms with Crippen molar-refractivity contribution in [3.8, 4) is 16.3 Å². The number of carbonyl (C=O) groups excluding carboxylic acids is 1. The third kappa shape index (κ3) is 4.00. The van der Waals surface area contributed by atoms with E-state index < -0.39 is 0 Å². The molecule has 1 aromatic carbocycles. The van der Waals surface area contributed by atoms with Crippen molar-refractivity contribution in [1.82, 2.24) is 15.1 Å². The zero-order valence-electron chi connectivity index (χ0n) is 15.3. The minimum absolute atomic E-state index is 0.220. The predicted molar refractivity (Wildman–Crippen MR) is 99.9 cm³/mol. The average Bonchev–Trinajstić information content (AvgIpc) is 3.10. The minimum atomic E-state index is -0.336. The predicted octanol–water partition coefficient (Wildman–Crippen LogP) is 3.97. The van der Waals surface area contributed by atoms with Gasteiger partial charge in [0.1, 0.15) is 15.8 Å². The summed E-state index contributed by atoms with van der Waals surface area (Å²) in [6.45, 7) is 7.52. The molecule has 1 atom stereocenters. The van der Waals surface area contributed by atoms with Gasteiger partial charge in [-0.3, -0.25) is 4.79 Å². The van der Waals surface area contributed by atoms with Crippen molar-refractivity contribution in [3.63, 3.8) is 0 Å². The number of hydrogen-bond acceptors (Lipinski definition) is 5. The second kappa shape index (κ2) is 7.12. The molecule has 1 aliphatic heterocycles. The fraction of sp³-hybridized carbons (Fsp3) is 0.526. The van der Waals surface area contributed by atoms with E-state index in [4.69, 9.17) is 4.74 Å². The number of aromatic nitrogens is 2. The van der Waals surface area contributed by atoms with Crippen molar-refractivity contribution >= 4 is 17.2 Å². The van der Waals surface area contributed by atoms with Gasteiger partial charge in [-0.15, -0.1) is 10.2 Å². The van der Waals surface area contributed by atoms with E-state index in [-0.39, 0.29) is 17.2 Å². The largest absolute Gasteiger partial charge is 0.497 e. The van der Waals surface area contributed by atoms with Gasteiger partial charge in [-0.1, -0.05) is 32.1 Å². The van der Waals surface area contributed by atoms with E-state index in [1.165, 1.54) is 0 Å². The Kier molecular flexibility index (Phi) is 5.08. The molecule has 1 fully saturated rings. The fourth-order valence-corrected chi connectivity index (χ4v) is 4.06. The van der Waals surface area contributed by atoms with Gasteiger partial charge in [-0.2, -0.15) is 0 Å². The van der Waals surface area contributed by atoms with Gasteiger partial charge in [-0.05, 0) is 37.1 Å². The second-order valence-corrected chi connectivity index (χ2v) is 8.52. The van der Waals surface area contributed by atoms with E-state index in [1.807, 2.05) is 49.9 Å². The number of benzene rings is 1. The number of piperidine rings is 1. The highest BCUT2D eigenvalue weighted by Crippen LogP contribution is 2.34. The Morgan fingerprint density at radius 3 is 2.60 bits per heavy atom. The molecule has 1 unspecified atom stereocenters. The van der Waals surface area contributed by atoms with Gasteiger partial charge in [-0.25, -0.2) is 0 Å². The van der Waals surface area contributed by atoms with Crippen molar-refractivity contribution < 1.29 is 9.53 Å². The second-order valence-electron chi connectivity index (χ2n) is 7.51. The molecule has 5 nitrogen and oxygen atoms in total. The molecular formula is C19H25N3O2S. The highest BCUT2D eigenvalue weighted by molar-refractivity contribution is 7.14. The third-order valence-corrected chi connectivity index (χ3v) is 5.61. The van der Waals surface area contributed by atoms with Crippen LogP contribution in [0.15, 0.2) is 24.3 Å². The number of rotatable bonds is 3. The van der Waals surface area contributed by atoms with Crippen LogP contribution in [0.4, 0.5) is 0 Å². The molecule has 1 saturated heterocycles. The number of ether oxygens (including phenoxy) is 1. The first-order valence-corrected chi connectivity index (χ1v) is 9.47. The van der Waals surface area contributed by atoms with Crippen LogP contribution in [-0.2, 0) is 4.79 Å². The van der Waals surface area contributed by atoms with Gasteiger partial charge in [0.25, 0.3) is 0 Å². The summed E-state index contributed by atoms with van der Waals surface area (Å²) in [5, 5.41) is 10.7. The van der Waals surface area contributed by atoms with Crippen molar-refractivity contribution in [1.29, 1.82) is 0 Å². The summed E-state index contributed by atoms with van der Waals surface area (Å²) in [5.74, 6) is 1.33. The number of amides is 1. The molecule has 0 N–H and O–H groups in total. The Morgan fingerprint density at radius 2 is 1.96 bits per heavy atom. The Balaban J connectivity index is 1.74. The molecule has 2 aromatic rings. The van der Waals surface area contributed by atoms with Crippen LogP contribution in [0.5, 0.6) is 5.75 Å². The molecular weight excluding hydrogens is 334 g/mol. The number of carbonyl (C=O) groups is 1. The number of likely N-dealkylation sites (tertiary alicyclic amines) is 1. The molecule has 3 rings (SSSR count). The number of nitrogens with zero attached hydrogens (tertiary/aromatic N) is 3. The van der Waals surface area contributed by atoms with E-state index >= 15 is 0 Å². The van der Waals surface area contributed by atoms with Crippen molar-refractivity contribution in [2.75, 3.05) is 20.2 Å². The van der Waals surface area contributed by atoms with Crippen molar-refractivity contribution in [2.45, 2.75) is 39.5 Å². The molecule has 1 amide bonds. The van der Waals surface area contributed by atoms with Crippen LogP contribution in [0.2, 0.25) is 0 Å². The molecule has 1 aliphatic rings. The Bertz CT molecular complexity index is 734. The normalized spacial score (nSPS) is 18.2. The Labute approximate surface area is 153 Å². The lowest BCUT2D eigenvalue weighted by molar-refractivity contribution is -0.140. The van der Waals surface area contributed by atoms with Gasteiger partial charge < -0.3 is 9.64 Å². The standard InChI is InChI=1S/C19H25N3O2S/c1-19(2,3)18(23)22-11-5-6-14(12-22)17-21-20-16(25-17)13-7-9-15(24-4)10-8-13/h7-10,14H,5-6,11-12H2,1-4H3. The number of methoxy groups -OCH3 is 1. The molecule has 134 valence electrons. The van der Waals surface area contributed by atoms with Crippen LogP contribution < -0.4 is 4.74 Å². The monoisotopic (exact) mass is 359 g/mol. The highest BCUT2D eigenvalue weighted by atomic mass is 32.1. The summed E-state index contributed by atoms with van der Waals surface area (Å²) in [6, 6.07) is 7.86. The molecule has 0 spiro atoms. The van der Waals surface area contributed by atoms with Crippen molar-refractivity contribution in [2.24, 2.45) is 5.41 Å². The van der Waals surface area contributed by atoms with E-state index in [2.05, 4.69) is 10.2 Å². The summed E-state index contributed by atoms with van der Waals surface area (Å²) in [5.41, 5.74) is 0.708. The van der Waals surface area contributed by atoms with E-state index in [0.717, 1.165) is 47.3 Å². The van der Waals surface area contributed by atoms with Crippen LogP contribution >= 0.6 is 11.3 Å². The summed E-state index contributed by atoms with van der Waals surface area (Å²) in [7, 11) is 1.66. The lowest BCUT2D eigenvalue weighted by atomic mass is 9.91. The maximum atomic E-state index is 12.6. The first-order valence-electron chi connectivity index (χ1n) is 8.65. The lowest BCUT2D eigenvalue weighted by Gasteiger charge is -2.35. The van der Waals surface area contributed by atoms with Crippen LogP contribution in [0.25, 0.3) is 10.6 Å². The lowest BCUT2D eigenvalue weighted by Crippen LogP contribution is -2.44. The quantitative estimate of drug-likeness (QED) is 0.832. The molecule has 2 heterocycles. The van der Waals surface area contributed by atoms with Gasteiger partial charge >= 0.3 is 0 Å². The van der Waals surface area contributed by atoms with Gasteiger partial charge in [0.2, 0.25) is 5.91 Å². The first-order chi connectivity index (χ1) is 11.9. The molecule has 1 aromatic heterocycles. The summed E-state index contributed by atoms with van der Waals surface area (Å²) < 4.78 is 5.20. The third-order valence-electron chi connectivity index (χ3n) is 4.48. The van der Waals surface area contributed by atoms with Gasteiger partial charge in [0.05, 0.1) is 7.11 Å². The fourth-order valence-electron chi connectivity index (χ4n) is 3.09. The molecule has 0 saturated carbocycles. The number of hydrogen-bond donors (Lipinski definition) is 0. The maximum Gasteiger partial charge on any atom is 0.227 e. The van der Waals surface area contributed by atoms with E-state index in [1.54, 1.807) is 18.4 Å². The first kappa shape index (κ1) is 17.9. The summed E-state index contributed by atoms with van der Waals surface area (Å²) in [4.78, 5) is 14.6. The molecule has 6 heteroatoms. The van der Waals surface area contributed by atoms with Crippen molar-refractivity contribution in [3.05, 3.63) is 29.3 Å². The van der Waals surface area contributed by atoms with E-state index in [9.17, 15) is 4.79 Å². The average molecular weight is 359 g/mol. The minimum Gasteiger partial charge on any atom is -0.497 e.